The molecule has 0 spiro atoms. The largest absolute Gasteiger partial charge is 0.391 e. The third kappa shape index (κ3) is 5.42. The fourth-order valence-electron chi connectivity index (χ4n) is 3.24. The number of oxime groups is 1. The fraction of sp³-hybridized carbons (Fsp3) is 0.167. The highest BCUT2D eigenvalue weighted by atomic mass is 35.5. The lowest BCUT2D eigenvalue weighted by Gasteiger charge is -2.09. The summed E-state index contributed by atoms with van der Waals surface area (Å²) in [6, 6.07) is 19.5. The first-order chi connectivity index (χ1) is 15.0. The number of imidazole rings is 1. The topological polar surface area (TPSA) is 38.9 Å². The Kier molecular flexibility index (Phi) is 6.86. The van der Waals surface area contributed by atoms with Crippen LogP contribution >= 0.6 is 35.0 Å². The second kappa shape index (κ2) is 9.77. The van der Waals surface area contributed by atoms with Gasteiger partial charge in [0.1, 0.15) is 18.0 Å². The molecule has 4 rings (SSSR count). The zero-order valence-electron chi connectivity index (χ0n) is 17.2. The Bertz CT molecular complexity index is 1240. The minimum Gasteiger partial charge on any atom is -0.391 e. The predicted molar refractivity (Wildman–Crippen MR) is 130 cm³/mol. The highest BCUT2D eigenvalue weighted by Crippen LogP contribution is 2.24. The molecular formula is C24H21Cl2N3OS. The average Bonchev–Trinajstić information content (AvgIpc) is 3.06. The quantitative estimate of drug-likeness (QED) is 0.166. The molecule has 0 radical (unpaired) electrons. The first-order valence-corrected chi connectivity index (χ1v) is 11.5. The van der Waals surface area contributed by atoms with Crippen LogP contribution in [0.2, 0.25) is 10.0 Å². The second-order valence-electron chi connectivity index (χ2n) is 7.16. The number of aryl methyl sites for hydroxylation is 2. The number of rotatable bonds is 7. The number of pyridine rings is 1. The smallest absolute Gasteiger partial charge is 0.142 e. The first-order valence-electron chi connectivity index (χ1n) is 9.77. The average molecular weight is 470 g/mol. The van der Waals surface area contributed by atoms with Crippen molar-refractivity contribution >= 4 is 46.3 Å². The molecule has 0 unspecified atom stereocenters. The number of benzene rings is 2. The summed E-state index contributed by atoms with van der Waals surface area (Å²) in [5, 5.41) is 5.92. The molecule has 158 valence electrons. The molecule has 31 heavy (non-hydrogen) atoms. The summed E-state index contributed by atoms with van der Waals surface area (Å²) in [5.74, 6) is 0.625. The molecule has 4 aromatic rings. The Hall–Kier alpha value is -2.47. The van der Waals surface area contributed by atoms with E-state index in [2.05, 4.69) is 28.6 Å². The van der Waals surface area contributed by atoms with E-state index in [0.717, 1.165) is 43.8 Å². The van der Waals surface area contributed by atoms with Crippen LogP contribution in [0.3, 0.4) is 0 Å². The number of nitrogens with zero attached hydrogens (tertiary/aromatic N) is 3. The van der Waals surface area contributed by atoms with Gasteiger partial charge in [0.15, 0.2) is 0 Å². The van der Waals surface area contributed by atoms with E-state index in [4.69, 9.17) is 33.0 Å². The molecule has 2 heterocycles. The molecule has 0 bridgehead atoms. The van der Waals surface area contributed by atoms with E-state index in [-0.39, 0.29) is 0 Å². The number of fused-ring (bicyclic) bond motifs is 1. The van der Waals surface area contributed by atoms with Crippen molar-refractivity contribution in [3.63, 3.8) is 0 Å². The van der Waals surface area contributed by atoms with Gasteiger partial charge in [-0.05, 0) is 73.5 Å². The van der Waals surface area contributed by atoms with Crippen LogP contribution in [0.25, 0.3) is 5.65 Å². The van der Waals surface area contributed by atoms with E-state index in [9.17, 15) is 0 Å². The molecule has 7 heteroatoms. The molecule has 0 atom stereocenters. The van der Waals surface area contributed by atoms with Crippen LogP contribution in [0.15, 0.2) is 76.9 Å². The van der Waals surface area contributed by atoms with Gasteiger partial charge in [-0.15, -0.1) is 11.8 Å². The summed E-state index contributed by atoms with van der Waals surface area (Å²) in [4.78, 5) is 11.6. The molecule has 0 fully saturated rings. The standard InChI is InChI=1S/C24H21Cl2N3OS/c1-16-10-11-29-23(12-16)27-17(2)24(29)22(15-31-21-8-6-19(25)7-9-21)28-30-14-18-4-3-5-20(26)13-18/h3-13H,14-15H2,1-2H3/b28-22+. The van der Waals surface area contributed by atoms with E-state index in [1.807, 2.05) is 61.7 Å². The van der Waals surface area contributed by atoms with Crippen molar-refractivity contribution in [3.8, 4) is 0 Å². The van der Waals surface area contributed by atoms with Crippen LogP contribution in [0, 0.1) is 13.8 Å². The van der Waals surface area contributed by atoms with Crippen molar-refractivity contribution in [2.75, 3.05) is 5.75 Å². The molecule has 0 aliphatic carbocycles. The Labute approximate surface area is 195 Å². The molecule has 2 aromatic carbocycles. The van der Waals surface area contributed by atoms with Crippen LogP contribution in [-0.2, 0) is 11.4 Å². The number of hydrogen-bond acceptors (Lipinski definition) is 4. The van der Waals surface area contributed by atoms with Gasteiger partial charge < -0.3 is 4.84 Å². The van der Waals surface area contributed by atoms with Gasteiger partial charge in [0.05, 0.1) is 11.4 Å². The van der Waals surface area contributed by atoms with E-state index in [0.29, 0.717) is 17.4 Å². The van der Waals surface area contributed by atoms with Crippen molar-refractivity contribution in [1.29, 1.82) is 0 Å². The van der Waals surface area contributed by atoms with Gasteiger partial charge in [-0.1, -0.05) is 40.5 Å². The van der Waals surface area contributed by atoms with Crippen molar-refractivity contribution in [3.05, 3.63) is 99.4 Å². The molecule has 0 saturated heterocycles. The molecule has 0 N–H and O–H groups in total. The summed E-state index contributed by atoms with van der Waals surface area (Å²) >= 11 is 13.8. The van der Waals surface area contributed by atoms with Crippen LogP contribution < -0.4 is 0 Å². The van der Waals surface area contributed by atoms with Gasteiger partial charge in [-0.3, -0.25) is 4.40 Å². The van der Waals surface area contributed by atoms with Crippen LogP contribution in [0.4, 0.5) is 0 Å². The van der Waals surface area contributed by atoms with E-state index >= 15 is 0 Å². The molecule has 4 nitrogen and oxygen atoms in total. The zero-order chi connectivity index (χ0) is 21.8. The highest BCUT2D eigenvalue weighted by Gasteiger charge is 2.16. The van der Waals surface area contributed by atoms with Gasteiger partial charge in [0.2, 0.25) is 0 Å². The van der Waals surface area contributed by atoms with Gasteiger partial charge >= 0.3 is 0 Å². The van der Waals surface area contributed by atoms with Crippen LogP contribution in [-0.4, -0.2) is 20.8 Å². The summed E-state index contributed by atoms with van der Waals surface area (Å²) in [5.41, 5.74) is 5.69. The Morgan fingerprint density at radius 2 is 1.84 bits per heavy atom. The van der Waals surface area contributed by atoms with Gasteiger partial charge in [-0.2, -0.15) is 0 Å². The Balaban J connectivity index is 1.63. The van der Waals surface area contributed by atoms with Crippen molar-refractivity contribution in [2.45, 2.75) is 25.3 Å². The zero-order valence-corrected chi connectivity index (χ0v) is 19.5. The summed E-state index contributed by atoms with van der Waals surface area (Å²) in [7, 11) is 0. The summed E-state index contributed by atoms with van der Waals surface area (Å²) in [6.07, 6.45) is 2.03. The maximum absolute atomic E-state index is 6.08. The van der Waals surface area contributed by atoms with E-state index < -0.39 is 0 Å². The summed E-state index contributed by atoms with van der Waals surface area (Å²) in [6.45, 7) is 4.39. The summed E-state index contributed by atoms with van der Waals surface area (Å²) < 4.78 is 2.06. The second-order valence-corrected chi connectivity index (χ2v) is 9.08. The minimum absolute atomic E-state index is 0.338. The molecule has 2 aromatic heterocycles. The maximum atomic E-state index is 6.08. The number of hydrogen-bond donors (Lipinski definition) is 0. The van der Waals surface area contributed by atoms with Gasteiger partial charge in [0.25, 0.3) is 0 Å². The maximum Gasteiger partial charge on any atom is 0.142 e. The number of aromatic nitrogens is 2. The van der Waals surface area contributed by atoms with Crippen LogP contribution in [0.1, 0.15) is 22.5 Å². The van der Waals surface area contributed by atoms with Crippen LogP contribution in [0.5, 0.6) is 0 Å². The molecule has 0 aliphatic rings. The lowest BCUT2D eigenvalue weighted by Crippen LogP contribution is -2.11. The minimum atomic E-state index is 0.338. The molecule has 0 aliphatic heterocycles. The van der Waals surface area contributed by atoms with E-state index in [1.165, 1.54) is 0 Å². The molecular weight excluding hydrogens is 449 g/mol. The number of halogens is 2. The fourth-order valence-corrected chi connectivity index (χ4v) is 4.40. The van der Waals surface area contributed by atoms with Crippen molar-refractivity contribution < 1.29 is 4.84 Å². The number of thioether (sulfide) groups is 1. The third-order valence-corrected chi connectivity index (χ3v) is 6.22. The van der Waals surface area contributed by atoms with Gasteiger partial charge in [-0.25, -0.2) is 4.98 Å². The van der Waals surface area contributed by atoms with Crippen molar-refractivity contribution in [1.82, 2.24) is 9.38 Å². The Morgan fingerprint density at radius 1 is 1.03 bits per heavy atom. The highest BCUT2D eigenvalue weighted by molar-refractivity contribution is 8.00. The molecule has 0 saturated carbocycles. The predicted octanol–water partition coefficient (Wildman–Crippen LogP) is 6.97. The SMILES string of the molecule is Cc1ccn2c(/C(CSc3ccc(Cl)cc3)=N/OCc3cccc(Cl)c3)c(C)nc2c1. The molecule has 0 amide bonds. The Morgan fingerprint density at radius 3 is 2.61 bits per heavy atom. The third-order valence-electron chi connectivity index (χ3n) is 4.71. The lowest BCUT2D eigenvalue weighted by atomic mass is 10.2. The normalized spacial score (nSPS) is 11.8. The van der Waals surface area contributed by atoms with Crippen molar-refractivity contribution in [2.24, 2.45) is 5.16 Å². The monoisotopic (exact) mass is 469 g/mol. The van der Waals surface area contributed by atoms with E-state index in [1.54, 1.807) is 11.8 Å². The van der Waals surface area contributed by atoms with Gasteiger partial charge in [0, 0.05) is 26.9 Å². The first kappa shape index (κ1) is 21.8. The lowest BCUT2D eigenvalue weighted by molar-refractivity contribution is 0.130.